The van der Waals surface area contributed by atoms with Gasteiger partial charge in [-0.15, -0.1) is 0 Å². The molecule has 0 saturated carbocycles. The number of carbonyl (C=O) groups is 1. The smallest absolute Gasteiger partial charge is 0.356 e. The Morgan fingerprint density at radius 2 is 2.16 bits per heavy atom. The molecule has 0 bridgehead atoms. The summed E-state index contributed by atoms with van der Waals surface area (Å²) in [5.41, 5.74) is 3.60. The number of nitrogens with zero attached hydrogens (tertiary/aromatic N) is 3. The summed E-state index contributed by atoms with van der Waals surface area (Å²) in [6, 6.07) is 7.36. The van der Waals surface area contributed by atoms with E-state index in [1.165, 1.54) is 0 Å². The number of aromatic carboxylic acids is 1. The maximum atomic E-state index is 10.9. The Balaban J connectivity index is 2.18. The van der Waals surface area contributed by atoms with Gasteiger partial charge in [0.1, 0.15) is 0 Å². The normalized spacial score (nSPS) is 11.1. The van der Waals surface area contributed by atoms with Gasteiger partial charge in [-0.3, -0.25) is 9.78 Å². The van der Waals surface area contributed by atoms with Crippen LogP contribution in [0.25, 0.3) is 22.2 Å². The number of nitrogens with one attached hydrogen (secondary N) is 1. The third-order valence-electron chi connectivity index (χ3n) is 3.14. The number of rotatable bonds is 2. The van der Waals surface area contributed by atoms with Crippen LogP contribution in [0.2, 0.25) is 0 Å². The number of H-pyrrole nitrogens is 1. The van der Waals surface area contributed by atoms with Crippen LogP contribution in [-0.4, -0.2) is 31.1 Å². The lowest BCUT2D eigenvalue weighted by Gasteiger charge is -2.01. The maximum absolute atomic E-state index is 10.9. The molecule has 2 heterocycles. The Morgan fingerprint density at radius 1 is 1.37 bits per heavy atom. The molecular formula is C13H12N4O2. The largest absolute Gasteiger partial charge is 0.476 e. The summed E-state index contributed by atoms with van der Waals surface area (Å²) in [5.74, 6) is -1.03. The van der Waals surface area contributed by atoms with Gasteiger partial charge in [0.25, 0.3) is 0 Å². The third kappa shape index (κ3) is 1.77. The minimum Gasteiger partial charge on any atom is -0.476 e. The van der Waals surface area contributed by atoms with E-state index >= 15 is 0 Å². The van der Waals surface area contributed by atoms with E-state index in [-0.39, 0.29) is 5.69 Å². The zero-order valence-corrected chi connectivity index (χ0v) is 10.5. The van der Waals surface area contributed by atoms with Gasteiger partial charge in [-0.05, 0) is 25.1 Å². The zero-order chi connectivity index (χ0) is 13.6. The first-order valence-corrected chi connectivity index (χ1v) is 5.78. The van der Waals surface area contributed by atoms with Crippen LogP contribution in [0.4, 0.5) is 0 Å². The Labute approximate surface area is 108 Å². The van der Waals surface area contributed by atoms with Crippen molar-refractivity contribution in [3.63, 3.8) is 0 Å². The van der Waals surface area contributed by atoms with Crippen molar-refractivity contribution in [1.29, 1.82) is 0 Å². The number of aromatic nitrogens is 4. The van der Waals surface area contributed by atoms with E-state index in [1.807, 2.05) is 25.1 Å². The predicted molar refractivity (Wildman–Crippen MR) is 70.0 cm³/mol. The first-order valence-electron chi connectivity index (χ1n) is 5.78. The van der Waals surface area contributed by atoms with Crippen molar-refractivity contribution in [1.82, 2.24) is 20.0 Å². The Hall–Kier alpha value is -2.63. The van der Waals surface area contributed by atoms with Gasteiger partial charge < -0.3 is 5.11 Å². The number of aryl methyl sites for hydroxylation is 2. The monoisotopic (exact) mass is 256 g/mol. The molecule has 2 N–H and O–H groups in total. The molecule has 0 aliphatic heterocycles. The van der Waals surface area contributed by atoms with Crippen molar-refractivity contribution in [3.05, 3.63) is 35.7 Å². The predicted octanol–water partition coefficient (Wildman–Crippen LogP) is 1.97. The lowest BCUT2D eigenvalue weighted by atomic mass is 10.1. The van der Waals surface area contributed by atoms with Gasteiger partial charge in [-0.2, -0.15) is 10.2 Å². The van der Waals surface area contributed by atoms with E-state index < -0.39 is 5.97 Å². The number of hydrogen-bond donors (Lipinski definition) is 2. The van der Waals surface area contributed by atoms with Crippen molar-refractivity contribution in [2.45, 2.75) is 6.92 Å². The van der Waals surface area contributed by atoms with Crippen LogP contribution >= 0.6 is 0 Å². The number of fused-ring (bicyclic) bond motifs is 1. The van der Waals surface area contributed by atoms with Gasteiger partial charge >= 0.3 is 5.97 Å². The summed E-state index contributed by atoms with van der Waals surface area (Å²) >= 11 is 0. The molecule has 0 unspecified atom stereocenters. The lowest BCUT2D eigenvalue weighted by molar-refractivity contribution is 0.0689. The topological polar surface area (TPSA) is 83.8 Å². The molecule has 0 aliphatic rings. The van der Waals surface area contributed by atoms with Crippen LogP contribution in [0.15, 0.2) is 24.3 Å². The maximum Gasteiger partial charge on any atom is 0.356 e. The van der Waals surface area contributed by atoms with Gasteiger partial charge in [-0.1, -0.05) is 6.07 Å². The van der Waals surface area contributed by atoms with Crippen molar-refractivity contribution in [2.75, 3.05) is 0 Å². The molecule has 0 aliphatic carbocycles. The Morgan fingerprint density at radius 3 is 2.84 bits per heavy atom. The molecule has 0 saturated heterocycles. The summed E-state index contributed by atoms with van der Waals surface area (Å²) in [4.78, 5) is 10.9. The fraction of sp³-hybridized carbons (Fsp3) is 0.154. The van der Waals surface area contributed by atoms with E-state index in [0.717, 1.165) is 27.9 Å². The second-order valence-electron chi connectivity index (χ2n) is 4.42. The van der Waals surface area contributed by atoms with Gasteiger partial charge in [-0.25, -0.2) is 4.79 Å². The molecular weight excluding hydrogens is 244 g/mol. The number of hydrogen-bond acceptors (Lipinski definition) is 3. The van der Waals surface area contributed by atoms with Gasteiger partial charge in [0.15, 0.2) is 5.69 Å². The van der Waals surface area contributed by atoms with Crippen LogP contribution in [0.3, 0.4) is 0 Å². The zero-order valence-electron chi connectivity index (χ0n) is 10.5. The molecule has 3 aromatic rings. The van der Waals surface area contributed by atoms with Gasteiger partial charge in [0, 0.05) is 23.7 Å². The molecule has 2 aromatic heterocycles. The molecule has 0 radical (unpaired) electrons. The summed E-state index contributed by atoms with van der Waals surface area (Å²) in [5, 5.41) is 21.0. The van der Waals surface area contributed by atoms with Crippen molar-refractivity contribution in [3.8, 4) is 11.3 Å². The van der Waals surface area contributed by atoms with E-state index in [9.17, 15) is 4.79 Å². The highest BCUT2D eigenvalue weighted by Crippen LogP contribution is 2.25. The van der Waals surface area contributed by atoms with Gasteiger partial charge in [0.05, 0.1) is 11.2 Å². The molecule has 96 valence electrons. The van der Waals surface area contributed by atoms with Crippen molar-refractivity contribution < 1.29 is 9.90 Å². The second kappa shape index (κ2) is 3.94. The second-order valence-corrected chi connectivity index (χ2v) is 4.42. The Bertz CT molecular complexity index is 785. The van der Waals surface area contributed by atoms with Crippen LogP contribution in [-0.2, 0) is 7.05 Å². The first-order chi connectivity index (χ1) is 9.06. The molecule has 19 heavy (non-hydrogen) atoms. The van der Waals surface area contributed by atoms with Crippen LogP contribution in [0, 0.1) is 6.92 Å². The molecule has 0 atom stereocenters. The molecule has 0 fully saturated rings. The molecule has 1 aromatic carbocycles. The standard InChI is InChI=1S/C13H12N4O2/c1-7-9-5-8(3-4-10(9)15-14-7)12-6-11(13(18)19)16-17(12)2/h3-6H,1-2H3,(H,14,15)(H,18,19). The highest BCUT2D eigenvalue weighted by molar-refractivity contribution is 5.89. The molecule has 6 nitrogen and oxygen atoms in total. The number of aromatic amines is 1. The number of carboxylic acid groups (broad SMARTS) is 1. The molecule has 3 rings (SSSR count). The average molecular weight is 256 g/mol. The van der Waals surface area contributed by atoms with Crippen molar-refractivity contribution in [2.24, 2.45) is 7.05 Å². The highest BCUT2D eigenvalue weighted by Gasteiger charge is 2.13. The third-order valence-corrected chi connectivity index (χ3v) is 3.14. The van der Waals surface area contributed by atoms with Crippen LogP contribution in [0.1, 0.15) is 16.2 Å². The number of carboxylic acids is 1. The van der Waals surface area contributed by atoms with Crippen LogP contribution < -0.4 is 0 Å². The summed E-state index contributed by atoms with van der Waals surface area (Å²) < 4.78 is 1.57. The quantitative estimate of drug-likeness (QED) is 0.734. The fourth-order valence-electron chi connectivity index (χ4n) is 2.14. The summed E-state index contributed by atoms with van der Waals surface area (Å²) in [6.07, 6.45) is 0. The Kier molecular flexibility index (Phi) is 2.38. The fourth-order valence-corrected chi connectivity index (χ4v) is 2.14. The van der Waals surface area contributed by atoms with E-state index in [0.29, 0.717) is 0 Å². The summed E-state index contributed by atoms with van der Waals surface area (Å²) in [7, 11) is 1.73. The summed E-state index contributed by atoms with van der Waals surface area (Å²) in [6.45, 7) is 1.95. The van der Waals surface area contributed by atoms with E-state index in [2.05, 4.69) is 15.3 Å². The average Bonchev–Trinajstić information content (AvgIpc) is 2.93. The van der Waals surface area contributed by atoms with Crippen molar-refractivity contribution >= 4 is 16.9 Å². The molecule has 6 heteroatoms. The van der Waals surface area contributed by atoms with E-state index in [4.69, 9.17) is 5.11 Å². The number of benzene rings is 1. The van der Waals surface area contributed by atoms with Crippen LogP contribution in [0.5, 0.6) is 0 Å². The molecule has 0 spiro atoms. The molecule has 0 amide bonds. The SMILES string of the molecule is Cc1[nH]nc2ccc(-c3cc(C(=O)O)nn3C)cc12. The highest BCUT2D eigenvalue weighted by atomic mass is 16.4. The van der Waals surface area contributed by atoms with E-state index in [1.54, 1.807) is 17.8 Å². The lowest BCUT2D eigenvalue weighted by Crippen LogP contribution is -1.99. The minimum atomic E-state index is -1.03. The minimum absolute atomic E-state index is 0.0431. The first kappa shape index (κ1) is 11.5. The van der Waals surface area contributed by atoms with Gasteiger partial charge in [0.2, 0.25) is 0 Å².